The summed E-state index contributed by atoms with van der Waals surface area (Å²) < 4.78 is 2.71. The lowest BCUT2D eigenvalue weighted by atomic mass is 9.95. The van der Waals surface area contributed by atoms with Crippen LogP contribution in [0.15, 0.2) is 40.5 Å². The van der Waals surface area contributed by atoms with Crippen molar-refractivity contribution in [2.45, 2.75) is 19.3 Å². The van der Waals surface area contributed by atoms with Gasteiger partial charge < -0.3 is 0 Å². The third-order valence-electron chi connectivity index (χ3n) is 2.54. The summed E-state index contributed by atoms with van der Waals surface area (Å²) in [6.45, 7) is 2.15. The van der Waals surface area contributed by atoms with E-state index >= 15 is 0 Å². The van der Waals surface area contributed by atoms with Crippen LogP contribution < -0.4 is 5.56 Å². The Hall–Kier alpha value is -1.35. The smallest absolute Gasteiger partial charge is 0.261 e. The Labute approximate surface area is 92.7 Å². The minimum Gasteiger partial charge on any atom is -0.278 e. The highest BCUT2D eigenvalue weighted by Gasteiger charge is 2.09. The van der Waals surface area contributed by atoms with Gasteiger partial charge in [0.25, 0.3) is 5.56 Å². The van der Waals surface area contributed by atoms with Crippen molar-refractivity contribution in [1.29, 1.82) is 0 Å². The average Bonchev–Trinajstić information content (AvgIpc) is 2.66. The number of benzene rings is 1. The van der Waals surface area contributed by atoms with E-state index in [0.29, 0.717) is 5.92 Å². The van der Waals surface area contributed by atoms with Crippen LogP contribution in [0.25, 0.3) is 0 Å². The van der Waals surface area contributed by atoms with Crippen LogP contribution in [-0.2, 0) is 6.42 Å². The predicted molar refractivity (Wildman–Crippen MR) is 63.5 cm³/mol. The Bertz CT molecular complexity index is 472. The highest BCUT2D eigenvalue weighted by atomic mass is 32.1. The first-order chi connectivity index (χ1) is 7.27. The van der Waals surface area contributed by atoms with Crippen LogP contribution in [0.3, 0.4) is 0 Å². The third-order valence-corrected chi connectivity index (χ3v) is 3.24. The van der Waals surface area contributed by atoms with Crippen molar-refractivity contribution in [3.8, 4) is 0 Å². The molecule has 2 rings (SSSR count). The van der Waals surface area contributed by atoms with E-state index in [1.54, 1.807) is 0 Å². The third kappa shape index (κ3) is 2.36. The molecule has 1 aromatic heterocycles. The Morgan fingerprint density at radius 3 is 2.67 bits per heavy atom. The van der Waals surface area contributed by atoms with Gasteiger partial charge in [-0.05, 0) is 17.9 Å². The van der Waals surface area contributed by atoms with Crippen LogP contribution in [-0.4, -0.2) is 4.37 Å². The molecule has 78 valence electrons. The minimum absolute atomic E-state index is 0.0581. The molecular weight excluding hydrogens is 206 g/mol. The van der Waals surface area contributed by atoms with Gasteiger partial charge in [-0.25, -0.2) is 0 Å². The van der Waals surface area contributed by atoms with Crippen LogP contribution in [0, 0.1) is 0 Å². The topological polar surface area (TPSA) is 32.9 Å². The molecular formula is C12H13NOS. The second-order valence-corrected chi connectivity index (χ2v) is 4.38. The molecule has 0 radical (unpaired) electrons. The van der Waals surface area contributed by atoms with Crippen molar-refractivity contribution < 1.29 is 0 Å². The molecule has 0 aliphatic carbocycles. The quantitative estimate of drug-likeness (QED) is 0.846. The SMILES string of the molecule is CC(Cc1cs[nH]c1=O)c1ccccc1. The van der Waals surface area contributed by atoms with Gasteiger partial charge in [-0.3, -0.25) is 9.17 Å². The van der Waals surface area contributed by atoms with E-state index in [9.17, 15) is 4.79 Å². The molecule has 15 heavy (non-hydrogen) atoms. The van der Waals surface area contributed by atoms with Gasteiger partial charge in [0.15, 0.2) is 0 Å². The van der Waals surface area contributed by atoms with E-state index < -0.39 is 0 Å². The summed E-state index contributed by atoms with van der Waals surface area (Å²) in [5.74, 6) is 0.391. The summed E-state index contributed by atoms with van der Waals surface area (Å²) in [4.78, 5) is 11.3. The highest BCUT2D eigenvalue weighted by molar-refractivity contribution is 7.03. The standard InChI is InChI=1S/C12H13NOS/c1-9(10-5-3-2-4-6-10)7-11-8-15-13-12(11)14/h2-6,8-9H,7H2,1H3,(H,13,14). The first-order valence-corrected chi connectivity index (χ1v) is 5.85. The first-order valence-electron chi connectivity index (χ1n) is 4.97. The molecule has 1 N–H and O–H groups in total. The molecule has 0 saturated heterocycles. The van der Waals surface area contributed by atoms with Crippen LogP contribution in [0.4, 0.5) is 0 Å². The number of hydrogen-bond donors (Lipinski definition) is 1. The number of hydrogen-bond acceptors (Lipinski definition) is 2. The summed E-state index contributed by atoms with van der Waals surface area (Å²) in [6.07, 6.45) is 0.808. The monoisotopic (exact) mass is 219 g/mol. The summed E-state index contributed by atoms with van der Waals surface area (Å²) >= 11 is 1.37. The second-order valence-electron chi connectivity index (χ2n) is 3.71. The van der Waals surface area contributed by atoms with Gasteiger partial charge in [-0.1, -0.05) is 48.8 Å². The maximum Gasteiger partial charge on any atom is 0.261 e. The first kappa shape index (κ1) is 10.2. The number of nitrogens with one attached hydrogen (secondary N) is 1. The van der Waals surface area contributed by atoms with Crippen LogP contribution in [0.5, 0.6) is 0 Å². The molecule has 2 aromatic rings. The molecule has 0 amide bonds. The maximum absolute atomic E-state index is 11.3. The summed E-state index contributed by atoms with van der Waals surface area (Å²) in [5, 5.41) is 1.90. The Kier molecular flexibility index (Phi) is 3.02. The van der Waals surface area contributed by atoms with Gasteiger partial charge in [0.05, 0.1) is 0 Å². The van der Waals surface area contributed by atoms with Gasteiger partial charge >= 0.3 is 0 Å². The molecule has 0 aliphatic heterocycles. The van der Waals surface area contributed by atoms with Crippen LogP contribution in [0.1, 0.15) is 24.0 Å². The molecule has 1 atom stereocenters. The van der Waals surface area contributed by atoms with E-state index in [1.165, 1.54) is 17.1 Å². The molecule has 0 bridgehead atoms. The zero-order chi connectivity index (χ0) is 10.7. The van der Waals surface area contributed by atoms with Crippen molar-refractivity contribution >= 4 is 11.5 Å². The lowest BCUT2D eigenvalue weighted by molar-refractivity contribution is 0.756. The molecule has 0 fully saturated rings. The largest absolute Gasteiger partial charge is 0.278 e. The maximum atomic E-state index is 11.3. The van der Waals surface area contributed by atoms with Crippen LogP contribution in [0.2, 0.25) is 0 Å². The van der Waals surface area contributed by atoms with Crippen molar-refractivity contribution in [3.05, 3.63) is 57.2 Å². The Morgan fingerprint density at radius 2 is 2.07 bits per heavy atom. The highest BCUT2D eigenvalue weighted by Crippen LogP contribution is 2.18. The summed E-state index contributed by atoms with van der Waals surface area (Å²) in [5.41, 5.74) is 2.22. The molecule has 1 aromatic carbocycles. The fraction of sp³-hybridized carbons (Fsp3) is 0.250. The van der Waals surface area contributed by atoms with Crippen molar-refractivity contribution in [3.63, 3.8) is 0 Å². The number of aromatic amines is 1. The molecule has 1 heterocycles. The van der Waals surface area contributed by atoms with Gasteiger partial charge in [0.2, 0.25) is 0 Å². The molecule has 2 nitrogen and oxygen atoms in total. The molecule has 0 spiro atoms. The van der Waals surface area contributed by atoms with Gasteiger partial charge in [-0.2, -0.15) is 0 Å². The Morgan fingerprint density at radius 1 is 1.33 bits per heavy atom. The van der Waals surface area contributed by atoms with Crippen molar-refractivity contribution in [2.75, 3.05) is 0 Å². The van der Waals surface area contributed by atoms with E-state index in [0.717, 1.165) is 12.0 Å². The fourth-order valence-electron chi connectivity index (χ4n) is 1.64. The van der Waals surface area contributed by atoms with Gasteiger partial charge in [0, 0.05) is 10.9 Å². The molecule has 3 heteroatoms. The van der Waals surface area contributed by atoms with Gasteiger partial charge in [0.1, 0.15) is 0 Å². The van der Waals surface area contributed by atoms with Crippen LogP contribution >= 0.6 is 11.5 Å². The molecule has 1 unspecified atom stereocenters. The van der Waals surface area contributed by atoms with E-state index in [-0.39, 0.29) is 5.56 Å². The fourth-order valence-corrected chi connectivity index (χ4v) is 2.29. The zero-order valence-electron chi connectivity index (χ0n) is 8.57. The minimum atomic E-state index is 0.0581. The normalized spacial score (nSPS) is 12.6. The summed E-state index contributed by atoms with van der Waals surface area (Å²) in [6, 6.07) is 10.3. The average molecular weight is 219 g/mol. The molecule has 0 aliphatic rings. The van der Waals surface area contributed by atoms with E-state index in [2.05, 4.69) is 23.4 Å². The van der Waals surface area contributed by atoms with E-state index in [4.69, 9.17) is 0 Å². The molecule has 0 saturated carbocycles. The predicted octanol–water partition coefficient (Wildman–Crippen LogP) is 2.78. The van der Waals surface area contributed by atoms with Gasteiger partial charge in [-0.15, -0.1) is 0 Å². The van der Waals surface area contributed by atoms with E-state index in [1.807, 2.05) is 23.6 Å². The zero-order valence-corrected chi connectivity index (χ0v) is 9.38. The Balaban J connectivity index is 2.14. The number of aromatic nitrogens is 1. The lowest BCUT2D eigenvalue weighted by Gasteiger charge is -2.09. The number of H-pyrrole nitrogens is 1. The van der Waals surface area contributed by atoms with Crippen molar-refractivity contribution in [1.82, 2.24) is 4.37 Å². The van der Waals surface area contributed by atoms with Crippen molar-refractivity contribution in [2.24, 2.45) is 0 Å². The number of rotatable bonds is 3. The lowest BCUT2D eigenvalue weighted by Crippen LogP contribution is -2.08. The second kappa shape index (κ2) is 4.45. The summed E-state index contributed by atoms with van der Waals surface area (Å²) in [7, 11) is 0.